The van der Waals surface area contributed by atoms with Gasteiger partial charge in [0.15, 0.2) is 5.82 Å². The molecule has 2 rings (SSSR count). The number of hydrogen-bond donors (Lipinski definition) is 2. The molecule has 0 bridgehead atoms. The number of amides is 1. The molecule has 1 aromatic carbocycles. The number of aryl methyl sites for hydroxylation is 1. The van der Waals surface area contributed by atoms with Gasteiger partial charge < -0.3 is 11.1 Å². The number of carbonyl (C=O) groups is 1. The van der Waals surface area contributed by atoms with E-state index in [0.29, 0.717) is 11.3 Å². The Morgan fingerprint density at radius 3 is 2.80 bits per heavy atom. The van der Waals surface area contributed by atoms with Crippen molar-refractivity contribution in [3.05, 3.63) is 59.2 Å². The van der Waals surface area contributed by atoms with Crippen LogP contribution in [0.2, 0.25) is 0 Å². The molecule has 2 aromatic rings. The third kappa shape index (κ3) is 2.97. The second-order valence-corrected chi connectivity index (χ2v) is 4.64. The van der Waals surface area contributed by atoms with Gasteiger partial charge in [-0.2, -0.15) is 0 Å². The topological polar surface area (TPSA) is 68.0 Å². The zero-order valence-corrected chi connectivity index (χ0v) is 11.5. The van der Waals surface area contributed by atoms with Gasteiger partial charge in [0.05, 0.1) is 11.8 Å². The van der Waals surface area contributed by atoms with E-state index in [9.17, 15) is 9.18 Å². The number of carbonyl (C=O) groups excluding carboxylic acids is 1. The Kier molecular flexibility index (Phi) is 4.05. The summed E-state index contributed by atoms with van der Waals surface area (Å²) in [5, 5.41) is 2.64. The van der Waals surface area contributed by atoms with Crippen LogP contribution in [-0.2, 0) is 0 Å². The highest BCUT2D eigenvalue weighted by Gasteiger charge is 2.13. The number of hydrogen-bond acceptors (Lipinski definition) is 3. The highest BCUT2D eigenvalue weighted by molar-refractivity contribution is 7.80. The van der Waals surface area contributed by atoms with Crippen LogP contribution in [0.15, 0.2) is 36.7 Å². The third-order valence-corrected chi connectivity index (χ3v) is 3.02. The average Bonchev–Trinajstić information content (AvgIpc) is 2.41. The molecule has 20 heavy (non-hydrogen) atoms. The molecular weight excluding hydrogens is 277 g/mol. The molecule has 0 unspecified atom stereocenters. The zero-order valence-electron chi connectivity index (χ0n) is 10.7. The van der Waals surface area contributed by atoms with Crippen molar-refractivity contribution in [1.82, 2.24) is 4.98 Å². The minimum atomic E-state index is -0.673. The van der Waals surface area contributed by atoms with Crippen LogP contribution in [0, 0.1) is 12.7 Å². The summed E-state index contributed by atoms with van der Waals surface area (Å²) >= 11 is 4.89. The fraction of sp³-hybridized carbons (Fsp3) is 0.0714. The lowest BCUT2D eigenvalue weighted by Gasteiger charge is -2.10. The van der Waals surface area contributed by atoms with E-state index in [0.717, 1.165) is 11.8 Å². The highest BCUT2D eigenvalue weighted by atomic mass is 32.1. The molecule has 1 amide bonds. The molecule has 0 aliphatic carbocycles. The average molecular weight is 289 g/mol. The normalized spacial score (nSPS) is 10.1. The molecule has 1 heterocycles. The Morgan fingerprint density at radius 2 is 2.15 bits per heavy atom. The van der Waals surface area contributed by atoms with E-state index in [1.807, 2.05) is 6.92 Å². The summed E-state index contributed by atoms with van der Waals surface area (Å²) in [5.74, 6) is -1.22. The maximum atomic E-state index is 13.5. The van der Waals surface area contributed by atoms with Gasteiger partial charge in [0.2, 0.25) is 0 Å². The number of benzene rings is 1. The quantitative estimate of drug-likeness (QED) is 0.852. The molecule has 102 valence electrons. The minimum absolute atomic E-state index is 0.0693. The molecular formula is C14H12FN3OS. The van der Waals surface area contributed by atoms with Crippen molar-refractivity contribution in [3.8, 4) is 0 Å². The molecule has 0 aliphatic rings. The number of nitrogens with two attached hydrogens (primary N) is 1. The molecule has 0 saturated heterocycles. The number of aromatic nitrogens is 1. The zero-order chi connectivity index (χ0) is 14.7. The third-order valence-electron chi connectivity index (χ3n) is 2.79. The first kappa shape index (κ1) is 14.1. The van der Waals surface area contributed by atoms with E-state index in [-0.39, 0.29) is 10.6 Å². The van der Waals surface area contributed by atoms with E-state index >= 15 is 0 Å². The van der Waals surface area contributed by atoms with E-state index in [4.69, 9.17) is 18.0 Å². The van der Waals surface area contributed by atoms with Gasteiger partial charge in [0.25, 0.3) is 5.91 Å². The number of pyridine rings is 1. The molecule has 0 fully saturated rings. The van der Waals surface area contributed by atoms with Crippen LogP contribution in [0.4, 0.5) is 10.1 Å². The second-order valence-electron chi connectivity index (χ2n) is 4.20. The first-order valence-electron chi connectivity index (χ1n) is 5.80. The summed E-state index contributed by atoms with van der Waals surface area (Å²) in [6.45, 7) is 1.82. The summed E-state index contributed by atoms with van der Waals surface area (Å²) in [6, 6.07) is 6.53. The maximum absolute atomic E-state index is 13.5. The largest absolute Gasteiger partial charge is 0.389 e. The predicted octanol–water partition coefficient (Wildman–Crippen LogP) is 2.42. The van der Waals surface area contributed by atoms with Gasteiger partial charge in [-0.3, -0.25) is 9.78 Å². The number of nitrogens with zero attached hydrogens (tertiary/aromatic N) is 1. The molecule has 6 heteroatoms. The molecule has 0 atom stereocenters. The minimum Gasteiger partial charge on any atom is -0.389 e. The van der Waals surface area contributed by atoms with Gasteiger partial charge in [-0.1, -0.05) is 24.4 Å². The van der Waals surface area contributed by atoms with Crippen LogP contribution in [-0.4, -0.2) is 15.9 Å². The van der Waals surface area contributed by atoms with Gasteiger partial charge in [-0.05, 0) is 24.6 Å². The van der Waals surface area contributed by atoms with Crippen LogP contribution in [0.5, 0.6) is 0 Å². The first-order chi connectivity index (χ1) is 9.49. The van der Waals surface area contributed by atoms with Crippen molar-refractivity contribution < 1.29 is 9.18 Å². The summed E-state index contributed by atoms with van der Waals surface area (Å²) in [5.41, 5.74) is 7.48. The Balaban J connectivity index is 2.30. The van der Waals surface area contributed by atoms with Crippen LogP contribution in [0.25, 0.3) is 0 Å². The van der Waals surface area contributed by atoms with Gasteiger partial charge in [0, 0.05) is 17.4 Å². The van der Waals surface area contributed by atoms with Crippen LogP contribution >= 0.6 is 12.2 Å². The van der Waals surface area contributed by atoms with Gasteiger partial charge in [-0.25, -0.2) is 4.39 Å². The van der Waals surface area contributed by atoms with E-state index in [2.05, 4.69) is 10.3 Å². The number of thiocarbonyl (C=S) groups is 1. The molecule has 0 spiro atoms. The SMILES string of the molecule is Cc1ccc(C(N)=S)cc1NC(=O)c1ccncc1F. The van der Waals surface area contributed by atoms with E-state index in [1.165, 1.54) is 12.3 Å². The lowest BCUT2D eigenvalue weighted by molar-refractivity contribution is 0.102. The van der Waals surface area contributed by atoms with Crippen molar-refractivity contribution in [3.63, 3.8) is 0 Å². The lowest BCUT2D eigenvalue weighted by Crippen LogP contribution is -2.16. The number of rotatable bonds is 3. The van der Waals surface area contributed by atoms with Crippen molar-refractivity contribution in [2.24, 2.45) is 5.73 Å². The fourth-order valence-electron chi connectivity index (χ4n) is 1.66. The first-order valence-corrected chi connectivity index (χ1v) is 6.21. The molecule has 3 N–H and O–H groups in total. The predicted molar refractivity (Wildman–Crippen MR) is 79.2 cm³/mol. The smallest absolute Gasteiger partial charge is 0.258 e. The summed E-state index contributed by atoms with van der Waals surface area (Å²) in [4.78, 5) is 15.9. The Bertz CT molecular complexity index is 688. The van der Waals surface area contributed by atoms with Crippen molar-refractivity contribution in [2.45, 2.75) is 6.92 Å². The van der Waals surface area contributed by atoms with Gasteiger partial charge in [0.1, 0.15) is 4.99 Å². The highest BCUT2D eigenvalue weighted by Crippen LogP contribution is 2.18. The van der Waals surface area contributed by atoms with Gasteiger partial charge in [-0.15, -0.1) is 0 Å². The Hall–Kier alpha value is -2.34. The monoisotopic (exact) mass is 289 g/mol. The summed E-state index contributed by atoms with van der Waals surface area (Å²) in [7, 11) is 0. The Morgan fingerprint density at radius 1 is 1.40 bits per heavy atom. The Labute approximate surface area is 120 Å². The number of nitrogens with one attached hydrogen (secondary N) is 1. The molecule has 1 aromatic heterocycles. The summed E-state index contributed by atoms with van der Waals surface area (Å²) in [6.07, 6.45) is 2.35. The molecule has 4 nitrogen and oxygen atoms in total. The fourth-order valence-corrected chi connectivity index (χ4v) is 1.79. The van der Waals surface area contributed by atoms with Crippen LogP contribution < -0.4 is 11.1 Å². The molecule has 0 radical (unpaired) electrons. The van der Waals surface area contributed by atoms with Gasteiger partial charge >= 0.3 is 0 Å². The second kappa shape index (κ2) is 5.75. The standard InChI is InChI=1S/C14H12FN3OS/c1-8-2-3-9(13(16)20)6-12(8)18-14(19)10-4-5-17-7-11(10)15/h2-7H,1H3,(H2,16,20)(H,18,19). The maximum Gasteiger partial charge on any atom is 0.258 e. The van der Waals surface area contributed by atoms with E-state index < -0.39 is 11.7 Å². The molecule has 0 saturated carbocycles. The number of anilines is 1. The van der Waals surface area contributed by atoms with Crippen molar-refractivity contribution in [1.29, 1.82) is 0 Å². The number of halogens is 1. The molecule has 0 aliphatic heterocycles. The van der Waals surface area contributed by atoms with Crippen molar-refractivity contribution in [2.75, 3.05) is 5.32 Å². The van der Waals surface area contributed by atoms with Crippen LogP contribution in [0.1, 0.15) is 21.5 Å². The van der Waals surface area contributed by atoms with E-state index in [1.54, 1.807) is 18.2 Å². The van der Waals surface area contributed by atoms with Crippen molar-refractivity contribution >= 4 is 28.8 Å². The summed E-state index contributed by atoms with van der Waals surface area (Å²) < 4.78 is 13.5. The lowest BCUT2D eigenvalue weighted by atomic mass is 10.1. The van der Waals surface area contributed by atoms with Crippen LogP contribution in [0.3, 0.4) is 0 Å².